The van der Waals surface area contributed by atoms with E-state index in [4.69, 9.17) is 5.11 Å². The van der Waals surface area contributed by atoms with Gasteiger partial charge in [-0.2, -0.15) is 0 Å². The van der Waals surface area contributed by atoms with Gasteiger partial charge in [-0.3, -0.25) is 0 Å². The van der Waals surface area contributed by atoms with Crippen molar-refractivity contribution in [1.82, 2.24) is 10.2 Å². The third-order valence-electron chi connectivity index (χ3n) is 3.96. The zero-order valence-electron chi connectivity index (χ0n) is 12.5. The molecule has 1 aromatic rings. The molecular weight excluding hydrogens is 268 g/mol. The summed E-state index contributed by atoms with van der Waals surface area (Å²) in [6.07, 6.45) is 0.914. The summed E-state index contributed by atoms with van der Waals surface area (Å²) in [7, 11) is 0. The molecule has 0 aromatic heterocycles. The van der Waals surface area contributed by atoms with Crippen molar-refractivity contribution in [3.63, 3.8) is 0 Å². The molecule has 2 N–H and O–H groups in total. The van der Waals surface area contributed by atoms with Gasteiger partial charge >= 0.3 is 12.0 Å². The molecule has 1 aliphatic heterocycles. The van der Waals surface area contributed by atoms with Crippen molar-refractivity contribution in [3.8, 4) is 0 Å². The van der Waals surface area contributed by atoms with Crippen molar-refractivity contribution in [2.45, 2.75) is 32.2 Å². The zero-order chi connectivity index (χ0) is 15.4. The molecule has 1 aliphatic rings. The number of nitrogens with one attached hydrogen (secondary N) is 1. The van der Waals surface area contributed by atoms with Crippen LogP contribution in [0.2, 0.25) is 0 Å². The Kier molecular flexibility index (Phi) is 4.83. The first-order valence-corrected chi connectivity index (χ1v) is 7.32. The lowest BCUT2D eigenvalue weighted by Gasteiger charge is -2.23. The first-order chi connectivity index (χ1) is 9.99. The largest absolute Gasteiger partial charge is 0.480 e. The lowest BCUT2D eigenvalue weighted by Crippen LogP contribution is -2.49. The second kappa shape index (κ2) is 6.61. The summed E-state index contributed by atoms with van der Waals surface area (Å²) >= 11 is 0. The number of amides is 2. The van der Waals surface area contributed by atoms with Crippen molar-refractivity contribution in [2.24, 2.45) is 5.92 Å². The van der Waals surface area contributed by atoms with E-state index in [1.807, 2.05) is 18.2 Å². The molecule has 0 bridgehead atoms. The third-order valence-corrected chi connectivity index (χ3v) is 3.96. The zero-order valence-corrected chi connectivity index (χ0v) is 12.5. The molecule has 1 fully saturated rings. The fraction of sp³-hybridized carbons (Fsp3) is 0.500. The number of rotatable bonds is 4. The van der Waals surface area contributed by atoms with Crippen LogP contribution in [-0.4, -0.2) is 41.1 Å². The van der Waals surface area contributed by atoms with E-state index in [2.05, 4.69) is 17.4 Å². The second-order valence-corrected chi connectivity index (χ2v) is 5.85. The van der Waals surface area contributed by atoms with Gasteiger partial charge in [0.15, 0.2) is 0 Å². The van der Waals surface area contributed by atoms with E-state index in [0.29, 0.717) is 19.0 Å². The lowest BCUT2D eigenvalue weighted by atomic mass is 9.99. The maximum Gasteiger partial charge on any atom is 0.326 e. The molecule has 2 atom stereocenters. The number of benzene rings is 1. The van der Waals surface area contributed by atoms with Crippen LogP contribution >= 0.6 is 0 Å². The molecule has 1 saturated heterocycles. The van der Waals surface area contributed by atoms with Crippen molar-refractivity contribution in [3.05, 3.63) is 35.9 Å². The summed E-state index contributed by atoms with van der Waals surface area (Å²) in [5.74, 6) is -0.796. The monoisotopic (exact) mass is 290 g/mol. The Labute approximate surface area is 125 Å². The third kappa shape index (κ3) is 3.74. The van der Waals surface area contributed by atoms with Crippen LogP contribution in [0.15, 0.2) is 30.3 Å². The summed E-state index contributed by atoms with van der Waals surface area (Å²) in [4.78, 5) is 25.0. The number of carbonyl (C=O) groups excluding carboxylic acids is 1. The van der Waals surface area contributed by atoms with Crippen LogP contribution in [0, 0.1) is 5.92 Å². The Morgan fingerprint density at radius 3 is 2.52 bits per heavy atom. The summed E-state index contributed by atoms with van der Waals surface area (Å²) in [5, 5.41) is 11.7. The van der Waals surface area contributed by atoms with Crippen LogP contribution in [0.4, 0.5) is 4.79 Å². The average Bonchev–Trinajstić information content (AvgIpc) is 2.94. The first-order valence-electron chi connectivity index (χ1n) is 7.32. The van der Waals surface area contributed by atoms with Gasteiger partial charge in [-0.25, -0.2) is 9.59 Å². The molecule has 5 heteroatoms. The fourth-order valence-electron chi connectivity index (χ4n) is 2.68. The van der Waals surface area contributed by atoms with Crippen LogP contribution in [0.25, 0.3) is 0 Å². The molecule has 2 amide bonds. The van der Waals surface area contributed by atoms with Gasteiger partial charge in [0.05, 0.1) is 0 Å². The molecule has 21 heavy (non-hydrogen) atoms. The van der Waals surface area contributed by atoms with Gasteiger partial charge < -0.3 is 15.3 Å². The minimum atomic E-state index is -0.989. The summed E-state index contributed by atoms with van der Waals surface area (Å²) < 4.78 is 0. The number of hydrogen-bond acceptors (Lipinski definition) is 2. The summed E-state index contributed by atoms with van der Waals surface area (Å²) in [6.45, 7) is 4.88. The van der Waals surface area contributed by atoms with Crippen molar-refractivity contribution < 1.29 is 14.7 Å². The number of carboxylic acid groups (broad SMARTS) is 1. The molecule has 0 radical (unpaired) electrons. The van der Waals surface area contributed by atoms with Gasteiger partial charge in [0.2, 0.25) is 0 Å². The minimum Gasteiger partial charge on any atom is -0.480 e. The van der Waals surface area contributed by atoms with Crippen LogP contribution in [0.5, 0.6) is 0 Å². The van der Waals surface area contributed by atoms with Crippen molar-refractivity contribution in [1.29, 1.82) is 0 Å². The van der Waals surface area contributed by atoms with Gasteiger partial charge in [-0.1, -0.05) is 44.2 Å². The number of carboxylic acids is 1. The number of aliphatic carboxylic acids is 1. The number of urea groups is 1. The molecule has 2 rings (SSSR count). The maximum atomic E-state index is 12.2. The molecular formula is C16H22N2O3. The first kappa shape index (κ1) is 15.4. The summed E-state index contributed by atoms with van der Waals surface area (Å²) in [5.41, 5.74) is 1.23. The van der Waals surface area contributed by atoms with Crippen LogP contribution in [0.1, 0.15) is 31.7 Å². The van der Waals surface area contributed by atoms with E-state index in [0.717, 1.165) is 6.42 Å². The van der Waals surface area contributed by atoms with Gasteiger partial charge in [0, 0.05) is 19.0 Å². The Bertz CT molecular complexity index is 502. The molecule has 0 aliphatic carbocycles. The Balaban J connectivity index is 1.95. The SMILES string of the molecule is CC(C)[C@H](NC(=O)N1CCC(c2ccccc2)C1)C(=O)O. The van der Waals surface area contributed by atoms with Gasteiger partial charge in [0.1, 0.15) is 6.04 Å². The highest BCUT2D eigenvalue weighted by atomic mass is 16.4. The molecule has 0 saturated carbocycles. The molecule has 0 spiro atoms. The number of nitrogens with zero attached hydrogens (tertiary/aromatic N) is 1. The van der Waals surface area contributed by atoms with E-state index in [-0.39, 0.29) is 11.9 Å². The number of carbonyl (C=O) groups is 2. The lowest BCUT2D eigenvalue weighted by molar-refractivity contribution is -0.140. The number of likely N-dealkylation sites (tertiary alicyclic amines) is 1. The van der Waals surface area contributed by atoms with E-state index >= 15 is 0 Å². The predicted molar refractivity (Wildman–Crippen MR) is 80.2 cm³/mol. The smallest absolute Gasteiger partial charge is 0.326 e. The predicted octanol–water partition coefficient (Wildman–Crippen LogP) is 2.29. The highest BCUT2D eigenvalue weighted by molar-refractivity contribution is 5.83. The quantitative estimate of drug-likeness (QED) is 0.894. The summed E-state index contributed by atoms with van der Waals surface area (Å²) in [6, 6.07) is 8.99. The standard InChI is InChI=1S/C16H22N2O3/c1-11(2)14(15(19)20)17-16(21)18-9-8-13(10-18)12-6-4-3-5-7-12/h3-7,11,13-14H,8-10H2,1-2H3,(H,17,21)(H,19,20)/t13?,14-/m0/s1. The van der Waals surface area contributed by atoms with E-state index < -0.39 is 12.0 Å². The highest BCUT2D eigenvalue weighted by Crippen LogP contribution is 2.26. The number of hydrogen-bond donors (Lipinski definition) is 2. The Morgan fingerprint density at radius 2 is 1.95 bits per heavy atom. The van der Waals surface area contributed by atoms with E-state index in [1.54, 1.807) is 18.7 Å². The highest BCUT2D eigenvalue weighted by Gasteiger charge is 2.30. The topological polar surface area (TPSA) is 69.6 Å². The molecule has 1 aromatic carbocycles. The Hall–Kier alpha value is -2.04. The second-order valence-electron chi connectivity index (χ2n) is 5.85. The molecule has 1 unspecified atom stereocenters. The molecule has 5 nitrogen and oxygen atoms in total. The fourth-order valence-corrected chi connectivity index (χ4v) is 2.68. The van der Waals surface area contributed by atoms with Crippen molar-refractivity contribution >= 4 is 12.0 Å². The average molecular weight is 290 g/mol. The van der Waals surface area contributed by atoms with Gasteiger partial charge in [0.25, 0.3) is 0 Å². The van der Waals surface area contributed by atoms with E-state index in [1.165, 1.54) is 5.56 Å². The minimum absolute atomic E-state index is 0.140. The van der Waals surface area contributed by atoms with Crippen molar-refractivity contribution in [2.75, 3.05) is 13.1 Å². The van der Waals surface area contributed by atoms with Gasteiger partial charge in [-0.15, -0.1) is 0 Å². The maximum absolute atomic E-state index is 12.2. The van der Waals surface area contributed by atoms with E-state index in [9.17, 15) is 9.59 Å². The van der Waals surface area contributed by atoms with Crippen LogP contribution in [-0.2, 0) is 4.79 Å². The Morgan fingerprint density at radius 1 is 1.29 bits per heavy atom. The van der Waals surface area contributed by atoms with Crippen LogP contribution in [0.3, 0.4) is 0 Å². The van der Waals surface area contributed by atoms with Gasteiger partial charge in [-0.05, 0) is 17.9 Å². The normalized spacial score (nSPS) is 19.6. The molecule has 114 valence electrons. The van der Waals surface area contributed by atoms with Crippen LogP contribution < -0.4 is 5.32 Å². The molecule has 1 heterocycles.